The number of benzene rings is 1. The lowest BCUT2D eigenvalue weighted by Gasteiger charge is -2.41. The van der Waals surface area contributed by atoms with Gasteiger partial charge in [-0.05, 0) is 78.1 Å². The summed E-state index contributed by atoms with van der Waals surface area (Å²) in [4.78, 5) is 36.9. The second kappa shape index (κ2) is 7.40. The van der Waals surface area contributed by atoms with E-state index in [0.29, 0.717) is 19.0 Å². The van der Waals surface area contributed by atoms with Gasteiger partial charge in [0.2, 0.25) is 5.91 Å². The van der Waals surface area contributed by atoms with E-state index in [1.54, 1.807) is 4.90 Å². The van der Waals surface area contributed by atoms with E-state index in [4.69, 9.17) is 0 Å². The van der Waals surface area contributed by atoms with E-state index >= 15 is 0 Å². The number of amides is 2. The van der Waals surface area contributed by atoms with Crippen molar-refractivity contribution in [3.8, 4) is 0 Å². The van der Waals surface area contributed by atoms with E-state index in [9.17, 15) is 14.7 Å². The monoisotopic (exact) mass is 460 g/mol. The average molecular weight is 461 g/mol. The van der Waals surface area contributed by atoms with Gasteiger partial charge in [-0.2, -0.15) is 0 Å². The van der Waals surface area contributed by atoms with Gasteiger partial charge in [-0.3, -0.25) is 9.59 Å². The fourth-order valence-corrected chi connectivity index (χ4v) is 5.18. The zero-order valence-electron chi connectivity index (χ0n) is 16.2. The van der Waals surface area contributed by atoms with Crippen LogP contribution in [-0.2, 0) is 4.79 Å². The summed E-state index contributed by atoms with van der Waals surface area (Å²) in [5.41, 5.74) is 2.88. The highest BCUT2D eigenvalue weighted by Crippen LogP contribution is 2.42. The number of hydrogen-bond acceptors (Lipinski definition) is 4. The maximum absolute atomic E-state index is 13.0. The molecule has 1 aliphatic heterocycles. The molecule has 29 heavy (non-hydrogen) atoms. The summed E-state index contributed by atoms with van der Waals surface area (Å²) in [7, 11) is 0. The lowest BCUT2D eigenvalue weighted by molar-refractivity contribution is -0.138. The Morgan fingerprint density at radius 3 is 2.59 bits per heavy atom. The van der Waals surface area contributed by atoms with Crippen LogP contribution in [0.3, 0.4) is 0 Å². The molecule has 7 nitrogen and oxygen atoms in total. The van der Waals surface area contributed by atoms with E-state index in [2.05, 4.69) is 38.0 Å². The first kappa shape index (κ1) is 19.1. The summed E-state index contributed by atoms with van der Waals surface area (Å²) in [5, 5.41) is 9.69. The molecular weight excluding hydrogens is 436 g/mol. The zero-order valence-corrected chi connectivity index (χ0v) is 17.8. The van der Waals surface area contributed by atoms with Gasteiger partial charge in [-0.1, -0.05) is 0 Å². The molecule has 2 saturated carbocycles. The highest BCUT2D eigenvalue weighted by Gasteiger charge is 2.34. The molecule has 3 fully saturated rings. The molecule has 154 valence electrons. The predicted molar refractivity (Wildman–Crippen MR) is 112 cm³/mol. The van der Waals surface area contributed by atoms with Crippen LogP contribution in [0.4, 0.5) is 0 Å². The van der Waals surface area contributed by atoms with Crippen molar-refractivity contribution in [3.63, 3.8) is 0 Å². The van der Waals surface area contributed by atoms with Gasteiger partial charge in [0.1, 0.15) is 12.1 Å². The predicted octanol–water partition coefficient (Wildman–Crippen LogP) is 2.79. The van der Waals surface area contributed by atoms with E-state index in [0.717, 1.165) is 41.2 Å². The first-order valence-corrected chi connectivity index (χ1v) is 11.2. The Hall–Kier alpha value is -1.93. The van der Waals surface area contributed by atoms with Crippen LogP contribution in [0.5, 0.6) is 0 Å². The number of aromatic amines is 1. The van der Waals surface area contributed by atoms with E-state index in [1.165, 1.54) is 18.4 Å². The molecule has 8 heteroatoms. The largest absolute Gasteiger partial charge is 0.393 e. The fraction of sp³-hybridized carbons (Fsp3) is 0.571. The minimum atomic E-state index is -0.239. The lowest BCUT2D eigenvalue weighted by Crippen LogP contribution is -2.56. The number of aliphatic hydroxyl groups excluding tert-OH is 1. The van der Waals surface area contributed by atoms with Crippen molar-refractivity contribution < 1.29 is 14.7 Å². The molecule has 0 unspecified atom stereocenters. The van der Waals surface area contributed by atoms with E-state index in [-0.39, 0.29) is 36.3 Å². The molecule has 1 aromatic carbocycles. The molecule has 1 aromatic heterocycles. The number of fused-ring (bicyclic) bond motifs is 1. The van der Waals surface area contributed by atoms with Crippen LogP contribution < -0.4 is 0 Å². The Morgan fingerprint density at radius 1 is 1.14 bits per heavy atom. The van der Waals surface area contributed by atoms with Gasteiger partial charge in [-0.15, -0.1) is 0 Å². The van der Waals surface area contributed by atoms with Crippen molar-refractivity contribution in [3.05, 3.63) is 28.0 Å². The molecule has 1 saturated heterocycles. The van der Waals surface area contributed by atoms with Crippen LogP contribution in [0.25, 0.3) is 11.0 Å². The van der Waals surface area contributed by atoms with Crippen LogP contribution in [-0.4, -0.2) is 68.5 Å². The number of imidazole rings is 1. The van der Waals surface area contributed by atoms with E-state index < -0.39 is 0 Å². The number of carbonyl (C=O) groups is 2. The molecule has 0 radical (unpaired) electrons. The molecule has 3 aliphatic rings. The highest BCUT2D eigenvalue weighted by atomic mass is 79.9. The van der Waals surface area contributed by atoms with Crippen LogP contribution >= 0.6 is 15.9 Å². The summed E-state index contributed by atoms with van der Waals surface area (Å²) >= 11 is 3.58. The summed E-state index contributed by atoms with van der Waals surface area (Å²) < 4.78 is 0.896. The van der Waals surface area contributed by atoms with Gasteiger partial charge in [0.15, 0.2) is 5.82 Å². The van der Waals surface area contributed by atoms with Gasteiger partial charge in [0.05, 0.1) is 11.6 Å². The number of halogens is 1. The Bertz CT molecular complexity index is 962. The first-order valence-electron chi connectivity index (χ1n) is 10.5. The van der Waals surface area contributed by atoms with Gasteiger partial charge >= 0.3 is 0 Å². The Morgan fingerprint density at radius 2 is 1.90 bits per heavy atom. The SMILES string of the molecule is O=C(c1nc2c(Br)cc(C3CC3)cc2[nH]1)N1CCN([C@H]2CC[C@H](O)CC2)C(=O)C1. The maximum atomic E-state index is 13.0. The molecular formula is C21H25BrN4O3. The molecule has 2 aromatic rings. The third-order valence-corrected chi connectivity index (χ3v) is 7.07. The molecule has 5 rings (SSSR count). The number of H-pyrrole nitrogens is 1. The number of nitrogens with one attached hydrogen (secondary N) is 1. The average Bonchev–Trinajstić information content (AvgIpc) is 3.47. The van der Waals surface area contributed by atoms with Gasteiger partial charge in [0.25, 0.3) is 5.91 Å². The number of aromatic nitrogens is 2. The molecule has 0 spiro atoms. The Kier molecular flexibility index (Phi) is 4.86. The quantitative estimate of drug-likeness (QED) is 0.736. The Balaban J connectivity index is 1.30. The van der Waals surface area contributed by atoms with Gasteiger partial charge in [-0.25, -0.2) is 4.98 Å². The van der Waals surface area contributed by atoms with Crippen molar-refractivity contribution in [2.75, 3.05) is 19.6 Å². The Labute approximate surface area is 177 Å². The number of aliphatic hydroxyl groups is 1. The van der Waals surface area contributed by atoms with Crippen LogP contribution in [0.1, 0.15) is 60.6 Å². The number of hydrogen-bond donors (Lipinski definition) is 2. The molecule has 2 aliphatic carbocycles. The smallest absolute Gasteiger partial charge is 0.290 e. The normalized spacial score (nSPS) is 25.7. The fourth-order valence-electron chi connectivity index (χ4n) is 4.62. The summed E-state index contributed by atoms with van der Waals surface area (Å²) in [6, 6.07) is 4.37. The summed E-state index contributed by atoms with van der Waals surface area (Å²) in [6.45, 7) is 1.14. The van der Waals surface area contributed by atoms with Crippen molar-refractivity contribution in [2.45, 2.75) is 56.6 Å². The van der Waals surface area contributed by atoms with Crippen molar-refractivity contribution >= 4 is 38.8 Å². The molecule has 0 bridgehead atoms. The zero-order chi connectivity index (χ0) is 20.1. The summed E-state index contributed by atoms with van der Waals surface area (Å²) in [5.74, 6) is 0.660. The number of piperazine rings is 1. The van der Waals surface area contributed by atoms with Crippen LogP contribution in [0.15, 0.2) is 16.6 Å². The van der Waals surface area contributed by atoms with Gasteiger partial charge in [0, 0.05) is 23.6 Å². The third-order valence-electron chi connectivity index (χ3n) is 6.47. The number of rotatable bonds is 3. The highest BCUT2D eigenvalue weighted by molar-refractivity contribution is 9.10. The number of carbonyl (C=O) groups excluding carboxylic acids is 2. The van der Waals surface area contributed by atoms with E-state index in [1.807, 2.05) is 4.90 Å². The number of nitrogens with zero attached hydrogens (tertiary/aromatic N) is 3. The van der Waals surface area contributed by atoms with Crippen molar-refractivity contribution in [1.82, 2.24) is 19.8 Å². The second-order valence-electron chi connectivity index (χ2n) is 8.53. The summed E-state index contributed by atoms with van der Waals surface area (Å²) in [6.07, 6.45) is 5.34. The van der Waals surface area contributed by atoms with Gasteiger partial charge < -0.3 is 19.9 Å². The molecule has 2 N–H and O–H groups in total. The van der Waals surface area contributed by atoms with Crippen LogP contribution in [0.2, 0.25) is 0 Å². The molecule has 2 heterocycles. The standard InChI is InChI=1S/C21H25BrN4O3/c22-16-9-13(12-1-2-12)10-17-19(16)24-20(23-17)21(29)25-7-8-26(18(28)11-25)14-3-5-15(27)6-4-14/h9-10,12,14-15,27H,1-8,11H2,(H,23,24)/t14-,15-. The topological polar surface area (TPSA) is 89.5 Å². The minimum absolute atomic E-state index is 0.0145. The van der Waals surface area contributed by atoms with Crippen molar-refractivity contribution in [2.24, 2.45) is 0 Å². The van der Waals surface area contributed by atoms with Crippen molar-refractivity contribution in [1.29, 1.82) is 0 Å². The van der Waals surface area contributed by atoms with Crippen LogP contribution in [0, 0.1) is 0 Å². The lowest BCUT2D eigenvalue weighted by atomic mass is 9.91. The second-order valence-corrected chi connectivity index (χ2v) is 9.39. The third kappa shape index (κ3) is 3.68. The molecule has 0 atom stereocenters. The first-order chi connectivity index (χ1) is 14.0. The minimum Gasteiger partial charge on any atom is -0.393 e. The molecule has 2 amide bonds. The maximum Gasteiger partial charge on any atom is 0.290 e.